The predicted molar refractivity (Wildman–Crippen MR) is 211 cm³/mol. The third-order valence-electron chi connectivity index (χ3n) is 12.5. The quantitative estimate of drug-likeness (QED) is 0.117. The molecular weight excluding hydrogens is 778 g/mol. The Balaban J connectivity index is 1.29. The minimum absolute atomic E-state index is 0.0331. The highest BCUT2D eigenvalue weighted by molar-refractivity contribution is 6.29. The number of ether oxygens (including phenoxy) is 4. The topological polar surface area (TPSA) is 251 Å². The molecule has 0 aromatic heterocycles. The smallest absolute Gasteiger partial charge is 0.242 e. The van der Waals surface area contributed by atoms with Crippen LogP contribution in [-0.4, -0.2) is 118 Å². The van der Waals surface area contributed by atoms with Gasteiger partial charge >= 0.3 is 0 Å². The van der Waals surface area contributed by atoms with E-state index in [0.29, 0.717) is 30.4 Å². The highest BCUT2D eigenvalue weighted by atomic mass is 16.7. The molecule has 9 rings (SSSR count). The zero-order valence-electron chi connectivity index (χ0n) is 32.4. The monoisotopic (exact) mass is 825 g/mol. The largest absolute Gasteiger partial charge is 0.492 e. The fourth-order valence-corrected chi connectivity index (χ4v) is 9.54. The molecule has 1 spiro atoms. The molecule has 4 heterocycles. The van der Waals surface area contributed by atoms with Gasteiger partial charge in [-0.25, -0.2) is 0 Å². The number of para-hydroxylation sites is 1. The summed E-state index contributed by atoms with van der Waals surface area (Å²) in [7, 11) is 0. The number of aliphatic hydroxyl groups is 4. The number of aldehydes is 1. The highest BCUT2D eigenvalue weighted by Gasteiger charge is 2.56. The fourth-order valence-electron chi connectivity index (χ4n) is 9.54. The van der Waals surface area contributed by atoms with E-state index >= 15 is 0 Å². The highest BCUT2D eigenvalue weighted by Crippen LogP contribution is 2.50. The molecule has 1 amide bonds. The van der Waals surface area contributed by atoms with Crippen molar-refractivity contribution in [3.8, 4) is 11.5 Å². The van der Waals surface area contributed by atoms with Gasteiger partial charge in [-0.15, -0.1) is 0 Å². The summed E-state index contributed by atoms with van der Waals surface area (Å²) < 4.78 is 26.1. The van der Waals surface area contributed by atoms with Crippen molar-refractivity contribution in [1.82, 2.24) is 16.0 Å². The van der Waals surface area contributed by atoms with Crippen LogP contribution in [-0.2, 0) is 19.1 Å². The number of rotatable bonds is 7. The van der Waals surface area contributed by atoms with Gasteiger partial charge in [0, 0.05) is 40.3 Å². The predicted octanol–water partition coefficient (Wildman–Crippen LogP) is 0.379. The molecular formula is C43H47N5O12. The molecule has 9 N–H and O–H groups in total. The first kappa shape index (κ1) is 40.2. The van der Waals surface area contributed by atoms with E-state index in [-0.39, 0.29) is 58.3 Å². The van der Waals surface area contributed by atoms with Gasteiger partial charge in [-0.2, -0.15) is 0 Å². The van der Waals surface area contributed by atoms with Crippen molar-refractivity contribution in [3.63, 3.8) is 0 Å². The van der Waals surface area contributed by atoms with Crippen LogP contribution in [0.25, 0.3) is 0 Å². The summed E-state index contributed by atoms with van der Waals surface area (Å²) in [6.07, 6.45) is -4.06. The molecule has 17 nitrogen and oxygen atoms in total. The Hall–Kier alpha value is -5.24. The maximum absolute atomic E-state index is 14.5. The first-order valence-corrected chi connectivity index (χ1v) is 20.3. The van der Waals surface area contributed by atoms with Crippen molar-refractivity contribution >= 4 is 29.4 Å². The van der Waals surface area contributed by atoms with Gasteiger partial charge in [0.05, 0.1) is 24.6 Å². The Morgan fingerprint density at radius 3 is 2.43 bits per heavy atom. The van der Waals surface area contributed by atoms with Crippen molar-refractivity contribution in [2.45, 2.75) is 105 Å². The van der Waals surface area contributed by atoms with Gasteiger partial charge in [0.1, 0.15) is 61.4 Å². The second kappa shape index (κ2) is 16.0. The number of nitrogens with one attached hydrogen (secondary N) is 3. The average Bonchev–Trinajstić information content (AvgIpc) is 3.67. The number of aliphatic hydroxyl groups excluding tert-OH is 4. The molecule has 10 unspecified atom stereocenters. The lowest BCUT2D eigenvalue weighted by molar-refractivity contribution is -0.308. The summed E-state index contributed by atoms with van der Waals surface area (Å²) in [6, 6.07) is 14.6. The van der Waals surface area contributed by atoms with Crippen LogP contribution >= 0.6 is 0 Å². The molecule has 60 heavy (non-hydrogen) atoms. The number of fused-ring (bicyclic) bond motifs is 7. The van der Waals surface area contributed by atoms with E-state index in [2.05, 4.69) is 16.0 Å². The third-order valence-corrected chi connectivity index (χ3v) is 12.5. The summed E-state index contributed by atoms with van der Waals surface area (Å²) >= 11 is 0. The second-order valence-corrected chi connectivity index (χ2v) is 16.1. The number of ketones is 2. The van der Waals surface area contributed by atoms with Gasteiger partial charge in [0.25, 0.3) is 0 Å². The van der Waals surface area contributed by atoms with Gasteiger partial charge in [0.15, 0.2) is 23.1 Å². The van der Waals surface area contributed by atoms with Crippen LogP contribution in [0.1, 0.15) is 87.4 Å². The SMILES string of the molecule is NC1NC(=O)C2NCN(c3ccccc3C3C=COC4(CCCCC4)C4OC(Oc5c3cc3c(c5OCC(O)CC=O)C(=O)c5ccccc5C3=O)C(O)C(O)C4O)C2N1. The first-order valence-electron chi connectivity index (χ1n) is 20.3. The number of anilines is 1. The van der Waals surface area contributed by atoms with E-state index in [4.69, 9.17) is 24.7 Å². The van der Waals surface area contributed by atoms with Crippen molar-refractivity contribution in [1.29, 1.82) is 0 Å². The summed E-state index contributed by atoms with van der Waals surface area (Å²) in [5.41, 5.74) is 6.57. The second-order valence-electron chi connectivity index (χ2n) is 16.1. The van der Waals surface area contributed by atoms with E-state index in [1.807, 2.05) is 29.2 Å². The lowest BCUT2D eigenvalue weighted by Crippen LogP contribution is -2.70. The van der Waals surface area contributed by atoms with Crippen LogP contribution in [0.2, 0.25) is 0 Å². The first-order chi connectivity index (χ1) is 29.0. The number of nitrogens with zero attached hydrogens (tertiary/aromatic N) is 1. The molecule has 2 aliphatic carbocycles. The summed E-state index contributed by atoms with van der Waals surface area (Å²) in [4.78, 5) is 55.5. The summed E-state index contributed by atoms with van der Waals surface area (Å²) in [5.74, 6) is -2.69. The zero-order chi connectivity index (χ0) is 41.9. The zero-order valence-corrected chi connectivity index (χ0v) is 32.4. The normalized spacial score (nSPS) is 31.0. The Labute approximate surface area is 344 Å². The summed E-state index contributed by atoms with van der Waals surface area (Å²) in [5, 5.41) is 54.4. The molecule has 2 bridgehead atoms. The standard InChI is InChI=1S/C43H47N5O12/c44-42-46-39-30(40(56)47-42)45-20-48(39)28-11-5-4-8-23(28)22-13-17-58-43(14-6-1-7-15-43)38-34(54)33(53)35(55)41(60-38)59-36-26(22)18-27-29(37(36)57-19-21(50)12-16-49)32(52)25-10-3-2-9-24(25)31(27)51/h2-5,8-11,13,16-18,21-22,30,33-35,38-39,41-42,45-46,50,53-55H,1,6-7,12,14-15,19-20,44H2,(H,47,56). The Morgan fingerprint density at radius 1 is 0.933 bits per heavy atom. The third kappa shape index (κ3) is 6.75. The van der Waals surface area contributed by atoms with E-state index < -0.39 is 85.0 Å². The van der Waals surface area contributed by atoms with Crippen molar-refractivity contribution < 1.29 is 58.6 Å². The molecule has 4 aliphatic heterocycles. The van der Waals surface area contributed by atoms with Crippen LogP contribution in [0.4, 0.5) is 5.69 Å². The van der Waals surface area contributed by atoms with Crippen LogP contribution in [0, 0.1) is 0 Å². The maximum Gasteiger partial charge on any atom is 0.242 e. The van der Waals surface area contributed by atoms with E-state index in [1.165, 1.54) is 18.4 Å². The van der Waals surface area contributed by atoms with Crippen LogP contribution in [0.15, 0.2) is 66.9 Å². The van der Waals surface area contributed by atoms with Crippen molar-refractivity contribution in [2.24, 2.45) is 5.73 Å². The number of carbonyl (C=O) groups excluding carboxylic acids is 4. The van der Waals surface area contributed by atoms with E-state index in [1.54, 1.807) is 24.3 Å². The number of hydrogen-bond donors (Lipinski definition) is 8. The van der Waals surface area contributed by atoms with Gasteiger partial charge in [-0.3, -0.25) is 30.8 Å². The lowest BCUT2D eigenvalue weighted by Gasteiger charge is -2.49. The van der Waals surface area contributed by atoms with Crippen molar-refractivity contribution in [3.05, 3.63) is 100 Å². The van der Waals surface area contributed by atoms with E-state index in [0.717, 1.165) is 19.3 Å². The van der Waals surface area contributed by atoms with Crippen LogP contribution in [0.5, 0.6) is 11.5 Å². The van der Waals surface area contributed by atoms with Gasteiger partial charge in [0.2, 0.25) is 12.2 Å². The molecule has 4 fully saturated rings. The van der Waals surface area contributed by atoms with Gasteiger partial charge in [-0.05, 0) is 49.5 Å². The average molecular weight is 826 g/mol. The van der Waals surface area contributed by atoms with Crippen molar-refractivity contribution in [2.75, 3.05) is 18.2 Å². The van der Waals surface area contributed by atoms with Gasteiger partial charge < -0.3 is 54.4 Å². The molecule has 316 valence electrons. The number of carbonyl (C=O) groups is 4. The molecule has 3 aromatic carbocycles. The molecule has 17 heteroatoms. The molecule has 10 atom stereocenters. The molecule has 3 saturated heterocycles. The van der Waals surface area contributed by atoms with Crippen LogP contribution < -0.4 is 36.1 Å². The molecule has 3 aromatic rings. The van der Waals surface area contributed by atoms with Gasteiger partial charge in [-0.1, -0.05) is 48.9 Å². The Kier molecular flexibility index (Phi) is 10.7. The van der Waals surface area contributed by atoms with E-state index in [9.17, 15) is 39.6 Å². The fraction of sp³-hybridized carbons (Fsp3) is 0.442. The minimum atomic E-state index is -1.83. The minimum Gasteiger partial charge on any atom is -0.492 e. The number of amides is 1. The molecule has 1 saturated carbocycles. The molecule has 6 aliphatic rings. The Morgan fingerprint density at radius 2 is 1.67 bits per heavy atom. The Bertz CT molecular complexity index is 2230. The van der Waals surface area contributed by atoms with Crippen LogP contribution in [0.3, 0.4) is 0 Å². The molecule has 0 radical (unpaired) electrons. The number of allylic oxidation sites excluding steroid dienone is 1. The maximum atomic E-state index is 14.5. The number of benzene rings is 3. The number of nitrogens with two attached hydrogens (primary N) is 1. The summed E-state index contributed by atoms with van der Waals surface area (Å²) in [6.45, 7) is -0.276. The number of hydrogen-bond acceptors (Lipinski definition) is 16. The lowest BCUT2D eigenvalue weighted by atomic mass is 9.76.